The van der Waals surface area contributed by atoms with Gasteiger partial charge in [-0.2, -0.15) is 4.31 Å². The molecule has 0 aromatic heterocycles. The highest BCUT2D eigenvalue weighted by molar-refractivity contribution is 7.89. The van der Waals surface area contributed by atoms with Gasteiger partial charge in [-0.3, -0.25) is 4.79 Å². The average molecular weight is 445 g/mol. The van der Waals surface area contributed by atoms with Crippen LogP contribution in [0.4, 0.5) is 5.69 Å². The second-order valence-corrected chi connectivity index (χ2v) is 9.81. The summed E-state index contributed by atoms with van der Waals surface area (Å²) in [5.74, 6) is 0.948. The molecule has 0 aliphatic carbocycles. The number of sulfonamides is 1. The molecule has 1 fully saturated rings. The zero-order valence-electron chi connectivity index (χ0n) is 17.9. The van der Waals surface area contributed by atoms with Crippen molar-refractivity contribution in [3.63, 3.8) is 0 Å². The SMILES string of the molecule is CCOc1ccc(S(=O)(=O)N2CCC[C@@H](C(=O)N3CCOc4ccccc43)C2)cc1C. The van der Waals surface area contributed by atoms with Gasteiger partial charge >= 0.3 is 0 Å². The molecule has 0 N–H and O–H groups in total. The second-order valence-electron chi connectivity index (χ2n) is 7.87. The van der Waals surface area contributed by atoms with Gasteiger partial charge in [0.1, 0.15) is 18.1 Å². The topological polar surface area (TPSA) is 76.2 Å². The summed E-state index contributed by atoms with van der Waals surface area (Å²) in [7, 11) is -3.69. The highest BCUT2D eigenvalue weighted by atomic mass is 32.2. The van der Waals surface area contributed by atoms with E-state index in [1.165, 1.54) is 4.31 Å². The van der Waals surface area contributed by atoms with Crippen molar-refractivity contribution in [2.45, 2.75) is 31.6 Å². The number of amides is 1. The molecular formula is C23H28N2O5S. The molecule has 2 heterocycles. The van der Waals surface area contributed by atoms with Gasteiger partial charge < -0.3 is 14.4 Å². The Balaban J connectivity index is 1.53. The van der Waals surface area contributed by atoms with Crippen LogP contribution in [0, 0.1) is 12.8 Å². The lowest BCUT2D eigenvalue weighted by molar-refractivity contribution is -0.123. The number of para-hydroxylation sites is 2. The van der Waals surface area contributed by atoms with Crippen molar-refractivity contribution in [1.29, 1.82) is 0 Å². The number of ether oxygens (including phenoxy) is 2. The Morgan fingerprint density at radius 1 is 1.19 bits per heavy atom. The van der Waals surface area contributed by atoms with E-state index < -0.39 is 10.0 Å². The van der Waals surface area contributed by atoms with E-state index in [2.05, 4.69) is 0 Å². The molecule has 0 unspecified atom stereocenters. The third-order valence-electron chi connectivity index (χ3n) is 5.81. The van der Waals surface area contributed by atoms with E-state index in [0.717, 1.165) is 11.3 Å². The van der Waals surface area contributed by atoms with E-state index in [1.807, 2.05) is 38.1 Å². The molecule has 8 heteroatoms. The number of fused-ring (bicyclic) bond motifs is 1. The number of carbonyl (C=O) groups is 1. The molecule has 0 saturated carbocycles. The lowest BCUT2D eigenvalue weighted by atomic mass is 9.97. The molecule has 2 aliphatic rings. The Kier molecular flexibility index (Phi) is 6.20. The van der Waals surface area contributed by atoms with Crippen LogP contribution in [0.15, 0.2) is 47.4 Å². The predicted molar refractivity (Wildman–Crippen MR) is 118 cm³/mol. The van der Waals surface area contributed by atoms with Crippen molar-refractivity contribution < 1.29 is 22.7 Å². The van der Waals surface area contributed by atoms with Gasteiger partial charge in [-0.1, -0.05) is 12.1 Å². The van der Waals surface area contributed by atoms with Gasteiger partial charge in [-0.15, -0.1) is 0 Å². The molecule has 2 aromatic carbocycles. The maximum absolute atomic E-state index is 13.3. The Bertz CT molecular complexity index is 1070. The Morgan fingerprint density at radius 3 is 2.77 bits per heavy atom. The number of hydrogen-bond acceptors (Lipinski definition) is 5. The minimum atomic E-state index is -3.69. The maximum atomic E-state index is 13.3. The van der Waals surface area contributed by atoms with E-state index in [1.54, 1.807) is 23.1 Å². The zero-order chi connectivity index (χ0) is 22.0. The first-order valence-electron chi connectivity index (χ1n) is 10.7. The standard InChI is InChI=1S/C23H28N2O5S/c1-3-29-21-11-10-19(15-17(21)2)31(27,28)24-12-6-7-18(16-24)23(26)25-13-14-30-22-9-5-4-8-20(22)25/h4-5,8-11,15,18H,3,6-7,12-14,16H2,1-2H3/t18-/m1/s1. The van der Waals surface area contributed by atoms with Crippen molar-refractivity contribution in [3.05, 3.63) is 48.0 Å². The van der Waals surface area contributed by atoms with Gasteiger partial charge in [0.15, 0.2) is 0 Å². The second kappa shape index (κ2) is 8.88. The number of rotatable bonds is 5. The molecule has 1 saturated heterocycles. The molecule has 1 atom stereocenters. The average Bonchev–Trinajstić information content (AvgIpc) is 2.79. The normalized spacial score (nSPS) is 19.4. The van der Waals surface area contributed by atoms with Gasteiger partial charge in [-0.05, 0) is 62.6 Å². The van der Waals surface area contributed by atoms with Gasteiger partial charge in [0.25, 0.3) is 0 Å². The van der Waals surface area contributed by atoms with Gasteiger partial charge in [0.05, 0.1) is 29.7 Å². The summed E-state index contributed by atoms with van der Waals surface area (Å²) in [6.07, 6.45) is 1.32. The van der Waals surface area contributed by atoms with Crippen LogP contribution in [0.5, 0.6) is 11.5 Å². The van der Waals surface area contributed by atoms with Crippen LogP contribution in [-0.2, 0) is 14.8 Å². The molecule has 166 valence electrons. The number of anilines is 1. The highest BCUT2D eigenvalue weighted by Crippen LogP contribution is 2.34. The Labute approximate surface area is 183 Å². The predicted octanol–water partition coefficient (Wildman–Crippen LogP) is 3.22. The third-order valence-corrected chi connectivity index (χ3v) is 7.67. The molecule has 2 aromatic rings. The Morgan fingerprint density at radius 2 is 2.00 bits per heavy atom. The van der Waals surface area contributed by atoms with E-state index in [4.69, 9.17) is 9.47 Å². The summed E-state index contributed by atoms with van der Waals surface area (Å²) in [6, 6.07) is 12.4. The summed E-state index contributed by atoms with van der Waals surface area (Å²) >= 11 is 0. The van der Waals surface area contributed by atoms with Crippen LogP contribution in [-0.4, -0.2) is 51.5 Å². The molecule has 4 rings (SSSR count). The fraction of sp³-hybridized carbons (Fsp3) is 0.435. The van der Waals surface area contributed by atoms with Crippen LogP contribution < -0.4 is 14.4 Å². The molecule has 0 bridgehead atoms. The summed E-state index contributed by atoms with van der Waals surface area (Å²) in [5, 5.41) is 0. The van der Waals surface area contributed by atoms with Crippen molar-refractivity contribution in [3.8, 4) is 11.5 Å². The van der Waals surface area contributed by atoms with E-state index in [0.29, 0.717) is 50.6 Å². The van der Waals surface area contributed by atoms with Gasteiger partial charge in [-0.25, -0.2) is 8.42 Å². The quantitative estimate of drug-likeness (QED) is 0.708. The highest BCUT2D eigenvalue weighted by Gasteiger charge is 2.36. The number of aryl methyl sites for hydroxylation is 1. The molecule has 1 amide bonds. The van der Waals surface area contributed by atoms with E-state index >= 15 is 0 Å². The van der Waals surface area contributed by atoms with Crippen LogP contribution in [0.2, 0.25) is 0 Å². The monoisotopic (exact) mass is 444 g/mol. The fourth-order valence-corrected chi connectivity index (χ4v) is 5.84. The number of carbonyl (C=O) groups excluding carboxylic acids is 1. The number of nitrogens with zero attached hydrogens (tertiary/aromatic N) is 2. The summed E-state index contributed by atoms with van der Waals surface area (Å²) in [5.41, 5.74) is 1.53. The number of hydrogen-bond donors (Lipinski definition) is 0. The summed E-state index contributed by atoms with van der Waals surface area (Å²) in [6.45, 7) is 5.75. The minimum absolute atomic E-state index is 0.0430. The summed E-state index contributed by atoms with van der Waals surface area (Å²) in [4.78, 5) is 15.3. The van der Waals surface area contributed by atoms with Gasteiger partial charge in [0.2, 0.25) is 15.9 Å². The molecule has 7 nitrogen and oxygen atoms in total. The van der Waals surface area contributed by atoms with Crippen LogP contribution in [0.1, 0.15) is 25.3 Å². The lowest BCUT2D eigenvalue weighted by Gasteiger charge is -2.36. The maximum Gasteiger partial charge on any atom is 0.243 e. The fourth-order valence-electron chi connectivity index (χ4n) is 4.23. The van der Waals surface area contributed by atoms with Crippen molar-refractivity contribution in [1.82, 2.24) is 4.31 Å². The number of benzene rings is 2. The van der Waals surface area contributed by atoms with Crippen molar-refractivity contribution in [2.24, 2.45) is 5.92 Å². The molecule has 0 spiro atoms. The first-order valence-corrected chi connectivity index (χ1v) is 12.1. The first kappa shape index (κ1) is 21.6. The van der Waals surface area contributed by atoms with Crippen molar-refractivity contribution in [2.75, 3.05) is 37.7 Å². The smallest absolute Gasteiger partial charge is 0.243 e. The van der Waals surface area contributed by atoms with Gasteiger partial charge in [0, 0.05) is 13.1 Å². The molecular weight excluding hydrogens is 416 g/mol. The third kappa shape index (κ3) is 4.27. The van der Waals surface area contributed by atoms with Crippen LogP contribution >= 0.6 is 0 Å². The minimum Gasteiger partial charge on any atom is -0.494 e. The summed E-state index contributed by atoms with van der Waals surface area (Å²) < 4.78 is 39.2. The van der Waals surface area contributed by atoms with Crippen molar-refractivity contribution >= 4 is 21.6 Å². The largest absolute Gasteiger partial charge is 0.494 e. The zero-order valence-corrected chi connectivity index (χ0v) is 18.7. The lowest BCUT2D eigenvalue weighted by Crippen LogP contribution is -2.48. The molecule has 31 heavy (non-hydrogen) atoms. The van der Waals surface area contributed by atoms with Crippen LogP contribution in [0.3, 0.4) is 0 Å². The van der Waals surface area contributed by atoms with E-state index in [9.17, 15) is 13.2 Å². The first-order chi connectivity index (χ1) is 14.9. The molecule has 0 radical (unpaired) electrons. The van der Waals surface area contributed by atoms with E-state index in [-0.39, 0.29) is 23.3 Å². The molecule has 2 aliphatic heterocycles. The Hall–Kier alpha value is -2.58. The number of piperidine rings is 1. The van der Waals surface area contributed by atoms with Crippen LogP contribution in [0.25, 0.3) is 0 Å².